The molecule has 2 heterocycles. The van der Waals surface area contributed by atoms with E-state index in [1.54, 1.807) is 0 Å². The molecular formula is C15H30N2O. The van der Waals surface area contributed by atoms with Crippen LogP contribution in [0.3, 0.4) is 0 Å². The van der Waals surface area contributed by atoms with Crippen LogP contribution in [0.4, 0.5) is 0 Å². The van der Waals surface area contributed by atoms with E-state index in [-0.39, 0.29) is 0 Å². The van der Waals surface area contributed by atoms with E-state index in [4.69, 9.17) is 4.74 Å². The zero-order valence-electron chi connectivity index (χ0n) is 12.2. The minimum Gasteiger partial charge on any atom is -0.378 e. The van der Waals surface area contributed by atoms with Crippen molar-refractivity contribution in [1.29, 1.82) is 0 Å². The van der Waals surface area contributed by atoms with Gasteiger partial charge in [0.2, 0.25) is 0 Å². The van der Waals surface area contributed by atoms with Crippen molar-refractivity contribution in [2.75, 3.05) is 32.8 Å². The summed E-state index contributed by atoms with van der Waals surface area (Å²) in [5.74, 6) is 0.870. The Labute approximate surface area is 112 Å². The molecule has 0 amide bonds. The average Bonchev–Trinajstić information content (AvgIpc) is 2.98. The predicted octanol–water partition coefficient (Wildman–Crippen LogP) is 2.27. The van der Waals surface area contributed by atoms with Crippen molar-refractivity contribution in [3.05, 3.63) is 0 Å². The molecular weight excluding hydrogens is 224 g/mol. The molecule has 2 aliphatic heterocycles. The van der Waals surface area contributed by atoms with Crippen LogP contribution in [0.2, 0.25) is 0 Å². The fraction of sp³-hybridized carbons (Fsp3) is 1.00. The SMILES string of the molecule is CC(C)N1CCC(CNCCCC2CCCO2)C1. The van der Waals surface area contributed by atoms with Gasteiger partial charge in [-0.1, -0.05) is 0 Å². The van der Waals surface area contributed by atoms with E-state index < -0.39 is 0 Å². The topological polar surface area (TPSA) is 24.5 Å². The number of hydrogen-bond acceptors (Lipinski definition) is 3. The lowest BCUT2D eigenvalue weighted by Gasteiger charge is -2.20. The molecule has 2 saturated heterocycles. The van der Waals surface area contributed by atoms with Crippen molar-refractivity contribution in [3.63, 3.8) is 0 Å². The number of likely N-dealkylation sites (tertiary alicyclic amines) is 1. The lowest BCUT2D eigenvalue weighted by Crippen LogP contribution is -2.31. The molecule has 2 atom stereocenters. The molecule has 1 N–H and O–H groups in total. The molecule has 0 saturated carbocycles. The molecule has 0 bridgehead atoms. The minimum atomic E-state index is 0.565. The van der Waals surface area contributed by atoms with E-state index in [0.29, 0.717) is 6.10 Å². The molecule has 0 aromatic heterocycles. The molecule has 2 aliphatic rings. The minimum absolute atomic E-state index is 0.565. The summed E-state index contributed by atoms with van der Waals surface area (Å²) in [6, 6.07) is 0.717. The second-order valence-corrected chi connectivity index (χ2v) is 6.22. The Kier molecular flexibility index (Phi) is 5.93. The summed E-state index contributed by atoms with van der Waals surface area (Å²) in [5.41, 5.74) is 0. The molecule has 0 radical (unpaired) electrons. The quantitative estimate of drug-likeness (QED) is 0.705. The van der Waals surface area contributed by atoms with E-state index in [0.717, 1.165) is 25.1 Å². The van der Waals surface area contributed by atoms with Crippen molar-refractivity contribution in [2.45, 2.75) is 58.1 Å². The molecule has 3 nitrogen and oxygen atoms in total. The van der Waals surface area contributed by atoms with Crippen LogP contribution in [0.5, 0.6) is 0 Å². The standard InChI is InChI=1S/C15H30N2O/c1-13(2)17-9-7-14(12-17)11-16-8-3-5-15-6-4-10-18-15/h13-16H,3-12H2,1-2H3. The number of ether oxygens (including phenoxy) is 1. The van der Waals surface area contributed by atoms with Gasteiger partial charge in [-0.3, -0.25) is 0 Å². The first kappa shape index (κ1) is 14.3. The molecule has 0 aliphatic carbocycles. The number of nitrogens with zero attached hydrogens (tertiary/aromatic N) is 1. The van der Waals surface area contributed by atoms with Crippen LogP contribution >= 0.6 is 0 Å². The summed E-state index contributed by atoms with van der Waals surface area (Å²) in [5, 5.41) is 3.63. The second-order valence-electron chi connectivity index (χ2n) is 6.22. The monoisotopic (exact) mass is 254 g/mol. The second kappa shape index (κ2) is 7.46. The zero-order valence-corrected chi connectivity index (χ0v) is 12.2. The fourth-order valence-corrected chi connectivity index (χ4v) is 3.13. The molecule has 0 aromatic carbocycles. The van der Waals surface area contributed by atoms with Crippen molar-refractivity contribution in [1.82, 2.24) is 10.2 Å². The Morgan fingerprint density at radius 2 is 2.22 bits per heavy atom. The van der Waals surface area contributed by atoms with Gasteiger partial charge in [0.1, 0.15) is 0 Å². The van der Waals surface area contributed by atoms with E-state index in [9.17, 15) is 0 Å². The molecule has 2 fully saturated rings. The third-order valence-electron chi connectivity index (χ3n) is 4.38. The highest BCUT2D eigenvalue weighted by molar-refractivity contribution is 4.79. The first-order valence-corrected chi connectivity index (χ1v) is 7.82. The Balaban J connectivity index is 1.46. The first-order valence-electron chi connectivity index (χ1n) is 7.82. The molecule has 18 heavy (non-hydrogen) atoms. The normalized spacial score (nSPS) is 29.5. The molecule has 2 rings (SSSR count). The number of rotatable bonds is 7. The smallest absolute Gasteiger partial charge is 0.0576 e. The highest BCUT2D eigenvalue weighted by Crippen LogP contribution is 2.18. The molecule has 3 heteroatoms. The maximum absolute atomic E-state index is 5.64. The van der Waals surface area contributed by atoms with Crippen LogP contribution < -0.4 is 5.32 Å². The Bertz CT molecular complexity index is 227. The van der Waals surface area contributed by atoms with E-state index in [1.165, 1.54) is 51.7 Å². The predicted molar refractivity (Wildman–Crippen MR) is 75.9 cm³/mol. The van der Waals surface area contributed by atoms with Crippen LogP contribution in [-0.4, -0.2) is 49.8 Å². The summed E-state index contributed by atoms with van der Waals surface area (Å²) in [7, 11) is 0. The van der Waals surface area contributed by atoms with E-state index in [2.05, 4.69) is 24.1 Å². The lowest BCUT2D eigenvalue weighted by molar-refractivity contribution is 0.102. The van der Waals surface area contributed by atoms with Gasteiger partial charge in [-0.15, -0.1) is 0 Å². The van der Waals surface area contributed by atoms with Gasteiger partial charge in [0.15, 0.2) is 0 Å². The van der Waals surface area contributed by atoms with E-state index >= 15 is 0 Å². The molecule has 106 valence electrons. The van der Waals surface area contributed by atoms with Crippen molar-refractivity contribution in [2.24, 2.45) is 5.92 Å². The summed E-state index contributed by atoms with van der Waals surface area (Å²) in [6.45, 7) is 10.5. The molecule has 2 unspecified atom stereocenters. The largest absolute Gasteiger partial charge is 0.378 e. The van der Waals surface area contributed by atoms with Gasteiger partial charge < -0.3 is 15.0 Å². The first-order chi connectivity index (χ1) is 8.75. The lowest BCUT2D eigenvalue weighted by atomic mass is 10.1. The highest BCUT2D eigenvalue weighted by atomic mass is 16.5. The van der Waals surface area contributed by atoms with Crippen LogP contribution in [0.1, 0.15) is 46.0 Å². The Morgan fingerprint density at radius 3 is 2.89 bits per heavy atom. The Hall–Kier alpha value is -0.120. The highest BCUT2D eigenvalue weighted by Gasteiger charge is 2.23. The van der Waals surface area contributed by atoms with Gasteiger partial charge in [-0.05, 0) is 71.5 Å². The third-order valence-corrected chi connectivity index (χ3v) is 4.38. The van der Waals surface area contributed by atoms with Gasteiger partial charge >= 0.3 is 0 Å². The van der Waals surface area contributed by atoms with Crippen LogP contribution in [-0.2, 0) is 4.74 Å². The van der Waals surface area contributed by atoms with Gasteiger partial charge in [0.25, 0.3) is 0 Å². The van der Waals surface area contributed by atoms with Crippen LogP contribution in [0, 0.1) is 5.92 Å². The fourth-order valence-electron chi connectivity index (χ4n) is 3.13. The molecule has 0 aromatic rings. The Morgan fingerprint density at radius 1 is 1.33 bits per heavy atom. The van der Waals surface area contributed by atoms with Gasteiger partial charge in [0, 0.05) is 19.2 Å². The molecule has 0 spiro atoms. The maximum Gasteiger partial charge on any atom is 0.0576 e. The van der Waals surface area contributed by atoms with Gasteiger partial charge in [-0.2, -0.15) is 0 Å². The summed E-state index contributed by atoms with van der Waals surface area (Å²) in [6.07, 6.45) is 7.00. The van der Waals surface area contributed by atoms with Crippen molar-refractivity contribution < 1.29 is 4.74 Å². The van der Waals surface area contributed by atoms with Gasteiger partial charge in [0.05, 0.1) is 6.10 Å². The summed E-state index contributed by atoms with van der Waals surface area (Å²) >= 11 is 0. The van der Waals surface area contributed by atoms with Crippen LogP contribution in [0.15, 0.2) is 0 Å². The van der Waals surface area contributed by atoms with E-state index in [1.807, 2.05) is 0 Å². The third kappa shape index (κ3) is 4.52. The number of hydrogen-bond donors (Lipinski definition) is 1. The zero-order chi connectivity index (χ0) is 12.8. The average molecular weight is 254 g/mol. The van der Waals surface area contributed by atoms with Crippen molar-refractivity contribution in [3.8, 4) is 0 Å². The van der Waals surface area contributed by atoms with Gasteiger partial charge in [-0.25, -0.2) is 0 Å². The van der Waals surface area contributed by atoms with Crippen molar-refractivity contribution >= 4 is 0 Å². The van der Waals surface area contributed by atoms with Crippen LogP contribution in [0.25, 0.3) is 0 Å². The number of nitrogens with one attached hydrogen (secondary N) is 1. The maximum atomic E-state index is 5.64. The summed E-state index contributed by atoms with van der Waals surface area (Å²) < 4.78 is 5.64. The summed E-state index contributed by atoms with van der Waals surface area (Å²) in [4.78, 5) is 2.60.